The number of hydrogen-bond donors (Lipinski definition) is 3. The maximum atomic E-state index is 12.5. The van der Waals surface area contributed by atoms with E-state index in [9.17, 15) is 9.90 Å². The zero-order valence-corrected chi connectivity index (χ0v) is 13.7. The van der Waals surface area contributed by atoms with E-state index in [-0.39, 0.29) is 17.9 Å². The van der Waals surface area contributed by atoms with Crippen LogP contribution in [0.5, 0.6) is 0 Å². The van der Waals surface area contributed by atoms with Crippen LogP contribution in [0.2, 0.25) is 0 Å². The highest BCUT2D eigenvalue weighted by Gasteiger charge is 2.28. The smallest absolute Gasteiger partial charge is 0.226 e. The van der Waals surface area contributed by atoms with E-state index < -0.39 is 12.1 Å². The summed E-state index contributed by atoms with van der Waals surface area (Å²) < 4.78 is 5.45. The van der Waals surface area contributed by atoms with Crippen molar-refractivity contribution in [3.8, 4) is 0 Å². The van der Waals surface area contributed by atoms with Gasteiger partial charge in [0.15, 0.2) is 0 Å². The number of aromatic nitrogens is 1. The van der Waals surface area contributed by atoms with E-state index >= 15 is 0 Å². The van der Waals surface area contributed by atoms with Gasteiger partial charge in [0.25, 0.3) is 0 Å². The normalized spacial score (nSPS) is 16.3. The number of carbonyl (C=O) groups excluding carboxylic acids is 1. The van der Waals surface area contributed by atoms with E-state index in [1.165, 1.54) is 0 Å². The Hall–Kier alpha value is -2.11. The van der Waals surface area contributed by atoms with Crippen molar-refractivity contribution in [1.29, 1.82) is 0 Å². The predicted octanol–water partition coefficient (Wildman–Crippen LogP) is 2.58. The van der Waals surface area contributed by atoms with Crippen molar-refractivity contribution in [2.24, 2.45) is 5.92 Å². The third kappa shape index (κ3) is 4.21. The van der Waals surface area contributed by atoms with Crippen LogP contribution in [0.15, 0.2) is 48.7 Å². The number of rotatable bonds is 7. The van der Waals surface area contributed by atoms with Gasteiger partial charge in [-0.2, -0.15) is 0 Å². The number of nitrogens with one attached hydrogen (secondary N) is 2. The third-order valence-corrected chi connectivity index (χ3v) is 4.03. The summed E-state index contributed by atoms with van der Waals surface area (Å²) >= 11 is 0. The average Bonchev–Trinajstić information content (AvgIpc) is 3.09. The number of benzene rings is 1. The summed E-state index contributed by atoms with van der Waals surface area (Å²) in [4.78, 5) is 15.5. The molecule has 1 heterocycles. The molecule has 5 nitrogen and oxygen atoms in total. The first-order chi connectivity index (χ1) is 11.0. The molecule has 0 aliphatic carbocycles. The fourth-order valence-corrected chi connectivity index (χ4v) is 2.63. The molecule has 0 bridgehead atoms. The van der Waals surface area contributed by atoms with E-state index in [4.69, 9.17) is 4.74 Å². The Bertz CT molecular complexity index is 598. The minimum atomic E-state index is -0.751. The fourth-order valence-electron chi connectivity index (χ4n) is 2.63. The van der Waals surface area contributed by atoms with Gasteiger partial charge in [0.1, 0.15) is 6.10 Å². The molecule has 1 aromatic heterocycles. The third-order valence-electron chi connectivity index (χ3n) is 4.03. The second-order valence-corrected chi connectivity index (χ2v) is 5.72. The van der Waals surface area contributed by atoms with Gasteiger partial charge in [0, 0.05) is 19.0 Å². The number of ether oxygens (including phenoxy) is 1. The highest BCUT2D eigenvalue weighted by atomic mass is 16.5. The van der Waals surface area contributed by atoms with Crippen LogP contribution in [0.25, 0.3) is 0 Å². The summed E-state index contributed by atoms with van der Waals surface area (Å²) in [6.45, 7) is 3.60. The van der Waals surface area contributed by atoms with Gasteiger partial charge in [-0.3, -0.25) is 4.79 Å². The lowest BCUT2D eigenvalue weighted by atomic mass is 9.98. The quantitative estimate of drug-likeness (QED) is 0.735. The minimum absolute atomic E-state index is 0.158. The van der Waals surface area contributed by atoms with Gasteiger partial charge in [-0.15, -0.1) is 0 Å². The van der Waals surface area contributed by atoms with Crippen LogP contribution in [-0.4, -0.2) is 29.1 Å². The predicted molar refractivity (Wildman–Crippen MR) is 88.7 cm³/mol. The Kier molecular flexibility index (Phi) is 5.96. The monoisotopic (exact) mass is 316 g/mol. The Balaban J connectivity index is 2.00. The number of amides is 1. The molecule has 0 saturated heterocycles. The number of methoxy groups -OCH3 is 1. The van der Waals surface area contributed by atoms with E-state index in [1.807, 2.05) is 49.4 Å². The molecule has 1 aromatic carbocycles. The molecule has 2 aromatic rings. The molecule has 23 heavy (non-hydrogen) atoms. The van der Waals surface area contributed by atoms with E-state index in [0.717, 1.165) is 11.3 Å². The number of hydrogen-bond acceptors (Lipinski definition) is 3. The van der Waals surface area contributed by atoms with Crippen molar-refractivity contribution < 1.29 is 14.6 Å². The van der Waals surface area contributed by atoms with Crippen LogP contribution in [0, 0.1) is 5.92 Å². The van der Waals surface area contributed by atoms with Crippen molar-refractivity contribution >= 4 is 5.91 Å². The average molecular weight is 316 g/mol. The number of aliphatic hydroxyl groups is 1. The van der Waals surface area contributed by atoms with E-state index in [0.29, 0.717) is 0 Å². The van der Waals surface area contributed by atoms with Crippen LogP contribution >= 0.6 is 0 Å². The largest absolute Gasteiger partial charge is 0.386 e. The molecule has 1 amide bonds. The molecule has 0 fully saturated rings. The summed E-state index contributed by atoms with van der Waals surface area (Å²) in [5.41, 5.74) is 1.63. The molecular weight excluding hydrogens is 292 g/mol. The van der Waals surface area contributed by atoms with E-state index in [2.05, 4.69) is 10.3 Å². The second kappa shape index (κ2) is 7.94. The molecular formula is C18H24N2O3. The second-order valence-electron chi connectivity index (χ2n) is 5.72. The fraction of sp³-hybridized carbons (Fsp3) is 0.389. The topological polar surface area (TPSA) is 74.4 Å². The highest BCUT2D eigenvalue weighted by molar-refractivity contribution is 5.79. The Morgan fingerprint density at radius 1 is 1.17 bits per heavy atom. The molecule has 0 saturated carbocycles. The number of aliphatic hydroxyl groups excluding tert-OH is 1. The first kappa shape index (κ1) is 17.2. The van der Waals surface area contributed by atoms with Crippen LogP contribution in [0.3, 0.4) is 0 Å². The van der Waals surface area contributed by atoms with Gasteiger partial charge in [-0.25, -0.2) is 0 Å². The molecule has 4 atom stereocenters. The van der Waals surface area contributed by atoms with Crippen LogP contribution in [0.1, 0.15) is 37.3 Å². The Morgan fingerprint density at radius 2 is 1.87 bits per heavy atom. The first-order valence-corrected chi connectivity index (χ1v) is 7.74. The molecule has 2 rings (SSSR count). The lowest BCUT2D eigenvalue weighted by molar-refractivity contribution is -0.130. The standard InChI is InChI=1S/C18H24N2O3/c1-12(17(23-3)15-10-7-11-19-15)18(22)20-13(2)16(21)14-8-5-4-6-9-14/h4-13,16-17,19,21H,1-3H3,(H,20,22)/t12-,13-,16-,17-/m1/s1. The lowest BCUT2D eigenvalue weighted by Crippen LogP contribution is -2.41. The Labute approximate surface area is 136 Å². The van der Waals surface area contributed by atoms with Crippen LogP contribution in [-0.2, 0) is 9.53 Å². The summed E-state index contributed by atoms with van der Waals surface area (Å²) in [7, 11) is 1.58. The molecule has 0 radical (unpaired) electrons. The minimum Gasteiger partial charge on any atom is -0.386 e. The number of aromatic amines is 1. The summed E-state index contributed by atoms with van der Waals surface area (Å²) in [5.74, 6) is -0.544. The summed E-state index contributed by atoms with van der Waals surface area (Å²) in [5, 5.41) is 13.2. The van der Waals surface area contributed by atoms with Gasteiger partial charge < -0.3 is 20.1 Å². The van der Waals surface area contributed by atoms with Crippen molar-refractivity contribution in [3.05, 3.63) is 59.9 Å². The molecule has 5 heteroatoms. The van der Waals surface area contributed by atoms with E-state index in [1.54, 1.807) is 20.2 Å². The SMILES string of the molecule is CO[C@@H](c1ccc[nH]1)[C@@H](C)C(=O)N[C@H](C)[C@@H](O)c1ccccc1. The molecule has 0 spiro atoms. The van der Waals surface area contributed by atoms with Gasteiger partial charge in [0.05, 0.1) is 18.1 Å². The molecule has 3 N–H and O–H groups in total. The van der Waals surface area contributed by atoms with Gasteiger partial charge in [-0.05, 0) is 24.6 Å². The first-order valence-electron chi connectivity index (χ1n) is 7.74. The van der Waals surface area contributed by atoms with Gasteiger partial charge in [-0.1, -0.05) is 37.3 Å². The maximum Gasteiger partial charge on any atom is 0.226 e. The zero-order chi connectivity index (χ0) is 16.8. The summed E-state index contributed by atoms with van der Waals surface area (Å²) in [6.07, 6.45) is 0.693. The van der Waals surface area contributed by atoms with Gasteiger partial charge >= 0.3 is 0 Å². The van der Waals surface area contributed by atoms with Crippen molar-refractivity contribution in [2.45, 2.75) is 32.1 Å². The van der Waals surface area contributed by atoms with Crippen LogP contribution < -0.4 is 5.32 Å². The van der Waals surface area contributed by atoms with Crippen molar-refractivity contribution in [1.82, 2.24) is 10.3 Å². The summed E-state index contributed by atoms with van der Waals surface area (Å²) in [6, 6.07) is 12.7. The molecule has 124 valence electrons. The zero-order valence-electron chi connectivity index (χ0n) is 13.7. The maximum absolute atomic E-state index is 12.5. The lowest BCUT2D eigenvalue weighted by Gasteiger charge is -2.25. The molecule has 0 aliphatic heterocycles. The van der Waals surface area contributed by atoms with Crippen molar-refractivity contribution in [2.75, 3.05) is 7.11 Å². The number of carbonyl (C=O) groups is 1. The van der Waals surface area contributed by atoms with Crippen molar-refractivity contribution in [3.63, 3.8) is 0 Å². The Morgan fingerprint density at radius 3 is 2.43 bits per heavy atom. The van der Waals surface area contributed by atoms with Crippen LogP contribution in [0.4, 0.5) is 0 Å². The molecule has 0 unspecified atom stereocenters. The molecule has 0 aliphatic rings. The highest BCUT2D eigenvalue weighted by Crippen LogP contribution is 2.25. The van der Waals surface area contributed by atoms with Gasteiger partial charge in [0.2, 0.25) is 5.91 Å². The number of H-pyrrole nitrogens is 1.